The van der Waals surface area contributed by atoms with Crippen LogP contribution in [-0.2, 0) is 13.5 Å². The maximum Gasteiger partial charge on any atom is 0.124 e. The van der Waals surface area contributed by atoms with Gasteiger partial charge in [-0.3, -0.25) is 0 Å². The van der Waals surface area contributed by atoms with Gasteiger partial charge in [-0.25, -0.2) is 9.37 Å². The lowest BCUT2D eigenvalue weighted by Crippen LogP contribution is -2.07. The molecule has 0 bridgehead atoms. The van der Waals surface area contributed by atoms with Crippen LogP contribution in [0.4, 0.5) is 4.39 Å². The zero-order valence-electron chi connectivity index (χ0n) is 9.27. The predicted octanol–water partition coefficient (Wildman–Crippen LogP) is 2.60. The van der Waals surface area contributed by atoms with Gasteiger partial charge in [0.15, 0.2) is 0 Å². The standard InChI is InChI=1S/C12H12BrFN2O/c1-16-3-2-15-12(16)7-11(17)8-4-9(13)6-10(14)5-8/h2-6,11,17H,7H2,1H3. The molecule has 0 radical (unpaired) electrons. The number of nitrogens with zero attached hydrogens (tertiary/aromatic N) is 2. The van der Waals surface area contributed by atoms with Crippen LogP contribution in [0.1, 0.15) is 17.5 Å². The summed E-state index contributed by atoms with van der Waals surface area (Å²) in [4.78, 5) is 4.12. The number of hydrogen-bond donors (Lipinski definition) is 1. The molecule has 0 aliphatic carbocycles. The maximum absolute atomic E-state index is 13.2. The zero-order valence-corrected chi connectivity index (χ0v) is 10.9. The Morgan fingerprint density at radius 2 is 2.24 bits per heavy atom. The van der Waals surface area contributed by atoms with Gasteiger partial charge in [0.05, 0.1) is 6.10 Å². The summed E-state index contributed by atoms with van der Waals surface area (Å²) >= 11 is 3.20. The fraction of sp³-hybridized carbons (Fsp3) is 0.250. The second-order valence-electron chi connectivity index (χ2n) is 3.88. The average Bonchev–Trinajstić information content (AvgIpc) is 2.63. The first kappa shape index (κ1) is 12.3. The number of aryl methyl sites for hydroxylation is 1. The number of aliphatic hydroxyl groups excluding tert-OH is 1. The minimum Gasteiger partial charge on any atom is -0.388 e. The van der Waals surface area contributed by atoms with Crippen molar-refractivity contribution in [3.05, 3.63) is 52.3 Å². The summed E-state index contributed by atoms with van der Waals surface area (Å²) in [7, 11) is 1.86. The van der Waals surface area contributed by atoms with Crippen molar-refractivity contribution in [2.24, 2.45) is 7.05 Å². The molecule has 2 aromatic rings. The van der Waals surface area contributed by atoms with Crippen molar-refractivity contribution in [1.29, 1.82) is 0 Å². The largest absolute Gasteiger partial charge is 0.388 e. The molecule has 1 atom stereocenters. The van der Waals surface area contributed by atoms with Crippen molar-refractivity contribution < 1.29 is 9.50 Å². The monoisotopic (exact) mass is 298 g/mol. The summed E-state index contributed by atoms with van der Waals surface area (Å²) in [6.45, 7) is 0. The van der Waals surface area contributed by atoms with Gasteiger partial charge in [0.2, 0.25) is 0 Å². The van der Waals surface area contributed by atoms with E-state index in [4.69, 9.17) is 0 Å². The molecular weight excluding hydrogens is 287 g/mol. The molecule has 0 spiro atoms. The SMILES string of the molecule is Cn1ccnc1CC(O)c1cc(F)cc(Br)c1. The third-order valence-corrected chi connectivity index (χ3v) is 3.02. The van der Waals surface area contributed by atoms with Crippen LogP contribution < -0.4 is 0 Å². The van der Waals surface area contributed by atoms with Crippen LogP contribution in [0.25, 0.3) is 0 Å². The summed E-state index contributed by atoms with van der Waals surface area (Å²) in [6, 6.07) is 4.39. The highest BCUT2D eigenvalue weighted by Crippen LogP contribution is 2.22. The van der Waals surface area contributed by atoms with Crippen LogP contribution >= 0.6 is 15.9 Å². The van der Waals surface area contributed by atoms with Gasteiger partial charge in [-0.05, 0) is 23.8 Å². The van der Waals surface area contributed by atoms with Crippen LogP contribution in [0.5, 0.6) is 0 Å². The van der Waals surface area contributed by atoms with Crippen molar-refractivity contribution in [3.63, 3.8) is 0 Å². The molecule has 0 fully saturated rings. The molecule has 2 rings (SSSR count). The van der Waals surface area contributed by atoms with Gasteiger partial charge in [-0.15, -0.1) is 0 Å². The van der Waals surface area contributed by atoms with Crippen molar-refractivity contribution in [1.82, 2.24) is 9.55 Å². The Kier molecular flexibility index (Phi) is 3.59. The van der Waals surface area contributed by atoms with E-state index < -0.39 is 6.10 Å². The van der Waals surface area contributed by atoms with Gasteiger partial charge in [0.1, 0.15) is 11.6 Å². The Bertz CT molecular complexity index is 507. The van der Waals surface area contributed by atoms with Gasteiger partial charge in [0.25, 0.3) is 0 Å². The fourth-order valence-corrected chi connectivity index (χ4v) is 2.13. The highest BCUT2D eigenvalue weighted by molar-refractivity contribution is 9.10. The normalized spacial score (nSPS) is 12.7. The summed E-state index contributed by atoms with van der Waals surface area (Å²) in [6.07, 6.45) is 3.08. The minimum atomic E-state index is -0.761. The maximum atomic E-state index is 13.2. The van der Waals surface area contributed by atoms with Crippen molar-refractivity contribution >= 4 is 15.9 Å². The van der Waals surface area contributed by atoms with E-state index in [9.17, 15) is 9.50 Å². The molecule has 5 heteroatoms. The predicted molar refractivity (Wildman–Crippen MR) is 66.0 cm³/mol. The van der Waals surface area contributed by atoms with Gasteiger partial charge < -0.3 is 9.67 Å². The van der Waals surface area contributed by atoms with E-state index in [0.29, 0.717) is 16.5 Å². The molecule has 0 aliphatic heterocycles. The van der Waals surface area contributed by atoms with E-state index in [1.54, 1.807) is 12.3 Å². The lowest BCUT2D eigenvalue weighted by molar-refractivity contribution is 0.174. The molecule has 0 saturated heterocycles. The molecule has 0 saturated carbocycles. The second-order valence-corrected chi connectivity index (χ2v) is 4.79. The molecule has 17 heavy (non-hydrogen) atoms. The lowest BCUT2D eigenvalue weighted by atomic mass is 10.1. The van der Waals surface area contributed by atoms with Crippen molar-refractivity contribution in [2.75, 3.05) is 0 Å². The summed E-state index contributed by atoms with van der Waals surface area (Å²) in [5.41, 5.74) is 0.542. The lowest BCUT2D eigenvalue weighted by Gasteiger charge is -2.11. The van der Waals surface area contributed by atoms with E-state index in [1.807, 2.05) is 17.8 Å². The summed E-state index contributed by atoms with van der Waals surface area (Å²) < 4.78 is 15.6. The number of aliphatic hydroxyl groups is 1. The first-order chi connectivity index (χ1) is 8.06. The van der Waals surface area contributed by atoms with Crippen LogP contribution in [0.3, 0.4) is 0 Å². The number of hydrogen-bond acceptors (Lipinski definition) is 2. The van der Waals surface area contributed by atoms with Crippen LogP contribution in [-0.4, -0.2) is 14.7 Å². The smallest absolute Gasteiger partial charge is 0.124 e. The molecule has 0 amide bonds. The highest BCUT2D eigenvalue weighted by atomic mass is 79.9. The van der Waals surface area contributed by atoms with E-state index >= 15 is 0 Å². The Morgan fingerprint density at radius 3 is 2.82 bits per heavy atom. The Hall–Kier alpha value is -1.20. The average molecular weight is 299 g/mol. The quantitative estimate of drug-likeness (QED) is 0.946. The number of benzene rings is 1. The molecule has 90 valence electrons. The van der Waals surface area contributed by atoms with E-state index in [2.05, 4.69) is 20.9 Å². The van der Waals surface area contributed by atoms with Crippen molar-refractivity contribution in [2.45, 2.75) is 12.5 Å². The Labute approximate surface area is 107 Å². The van der Waals surface area contributed by atoms with E-state index in [0.717, 1.165) is 5.82 Å². The molecule has 3 nitrogen and oxygen atoms in total. The minimum absolute atomic E-state index is 0.361. The molecule has 1 N–H and O–H groups in total. The van der Waals surface area contributed by atoms with E-state index in [1.165, 1.54) is 12.1 Å². The molecular formula is C12H12BrFN2O. The third kappa shape index (κ3) is 2.92. The third-order valence-electron chi connectivity index (χ3n) is 2.57. The van der Waals surface area contributed by atoms with Gasteiger partial charge in [0, 0.05) is 30.3 Å². The summed E-state index contributed by atoms with van der Waals surface area (Å²) in [5, 5.41) is 10.0. The number of aromatic nitrogens is 2. The molecule has 1 unspecified atom stereocenters. The van der Waals surface area contributed by atoms with Gasteiger partial charge in [-0.2, -0.15) is 0 Å². The van der Waals surface area contributed by atoms with Crippen LogP contribution in [0, 0.1) is 5.82 Å². The second kappa shape index (κ2) is 4.98. The molecule has 1 aromatic carbocycles. The zero-order chi connectivity index (χ0) is 12.4. The molecule has 1 aromatic heterocycles. The molecule has 0 aliphatic rings. The van der Waals surface area contributed by atoms with Crippen LogP contribution in [0.2, 0.25) is 0 Å². The Morgan fingerprint density at radius 1 is 1.47 bits per heavy atom. The first-order valence-corrected chi connectivity index (χ1v) is 5.96. The fourth-order valence-electron chi connectivity index (χ4n) is 1.65. The first-order valence-electron chi connectivity index (χ1n) is 5.16. The highest BCUT2D eigenvalue weighted by Gasteiger charge is 2.13. The van der Waals surface area contributed by atoms with Crippen molar-refractivity contribution in [3.8, 4) is 0 Å². The van der Waals surface area contributed by atoms with Gasteiger partial charge in [-0.1, -0.05) is 15.9 Å². The van der Waals surface area contributed by atoms with Gasteiger partial charge >= 0.3 is 0 Å². The topological polar surface area (TPSA) is 38.0 Å². The van der Waals surface area contributed by atoms with Crippen LogP contribution in [0.15, 0.2) is 35.1 Å². The number of rotatable bonds is 3. The van der Waals surface area contributed by atoms with E-state index in [-0.39, 0.29) is 5.82 Å². The number of halogens is 2. The molecule has 1 heterocycles. The number of imidazole rings is 1. The summed E-state index contributed by atoms with van der Waals surface area (Å²) in [5.74, 6) is 0.395. The Balaban J connectivity index is 2.20.